The Morgan fingerprint density at radius 3 is 2.07 bits per heavy atom. The van der Waals surface area contributed by atoms with Gasteiger partial charge in [0, 0.05) is 46.6 Å². The number of anilines is 3. The van der Waals surface area contributed by atoms with Crippen molar-refractivity contribution in [3.63, 3.8) is 0 Å². The molecule has 3 aromatic carbocycles. The summed E-state index contributed by atoms with van der Waals surface area (Å²) in [5.74, 6) is -1.82. The van der Waals surface area contributed by atoms with E-state index in [0.717, 1.165) is 22.3 Å². The highest BCUT2D eigenvalue weighted by Crippen LogP contribution is 2.30. The van der Waals surface area contributed by atoms with Gasteiger partial charge in [0.25, 0.3) is 5.91 Å². The quantitative estimate of drug-likeness (QED) is 0.200. The highest BCUT2D eigenvalue weighted by Gasteiger charge is 2.38. The van der Waals surface area contributed by atoms with Gasteiger partial charge in [-0.05, 0) is 84.9 Å². The van der Waals surface area contributed by atoms with Crippen molar-refractivity contribution in [2.24, 2.45) is 0 Å². The van der Waals surface area contributed by atoms with Crippen molar-refractivity contribution >= 4 is 39.8 Å². The van der Waals surface area contributed by atoms with Crippen LogP contribution in [0.3, 0.4) is 0 Å². The van der Waals surface area contributed by atoms with Gasteiger partial charge in [-0.15, -0.1) is 0 Å². The zero-order valence-electron chi connectivity index (χ0n) is 21.5. The Hall–Kier alpha value is -5.96. The number of ether oxygens (including phenoxy) is 1. The van der Waals surface area contributed by atoms with Crippen LogP contribution in [-0.4, -0.2) is 33.1 Å². The monoisotopic (exact) mass is 571 g/mol. The van der Waals surface area contributed by atoms with Gasteiger partial charge in [-0.2, -0.15) is 18.4 Å². The van der Waals surface area contributed by atoms with Crippen molar-refractivity contribution in [2.75, 3.05) is 10.6 Å². The first-order valence-electron chi connectivity index (χ1n) is 12.1. The summed E-state index contributed by atoms with van der Waals surface area (Å²) in [7, 11) is 0. The molecule has 9 nitrogen and oxygen atoms in total. The molecule has 0 radical (unpaired) electrons. The number of carboxylic acid groups (broad SMARTS) is 1. The van der Waals surface area contributed by atoms with Gasteiger partial charge in [0.15, 0.2) is 0 Å². The smallest absolute Gasteiger partial charge is 0.475 e. The van der Waals surface area contributed by atoms with Crippen LogP contribution in [0.15, 0.2) is 104 Å². The van der Waals surface area contributed by atoms with Crippen LogP contribution >= 0.6 is 0 Å². The second kappa shape index (κ2) is 12.9. The number of nitrogens with zero attached hydrogens (tertiary/aromatic N) is 3. The number of alkyl halides is 3. The number of benzene rings is 3. The zero-order chi connectivity index (χ0) is 30.1. The van der Waals surface area contributed by atoms with Crippen LogP contribution in [0.5, 0.6) is 11.5 Å². The molecular formula is C30H20F3N5O4. The van der Waals surface area contributed by atoms with E-state index in [2.05, 4.69) is 26.7 Å². The van der Waals surface area contributed by atoms with Crippen LogP contribution in [0.1, 0.15) is 15.9 Å². The molecule has 0 bridgehead atoms. The van der Waals surface area contributed by atoms with E-state index in [4.69, 9.17) is 14.6 Å². The molecule has 5 aromatic rings. The topological polar surface area (TPSA) is 137 Å². The summed E-state index contributed by atoms with van der Waals surface area (Å²) in [6.45, 7) is 0. The maximum Gasteiger partial charge on any atom is 0.490 e. The molecule has 2 aromatic heterocycles. The number of rotatable bonds is 6. The fraction of sp³-hybridized carbons (Fsp3) is 0.0333. The lowest BCUT2D eigenvalue weighted by molar-refractivity contribution is -0.192. The fourth-order valence-electron chi connectivity index (χ4n) is 3.52. The van der Waals surface area contributed by atoms with Crippen LogP contribution < -0.4 is 15.4 Å². The second-order valence-corrected chi connectivity index (χ2v) is 8.47. The molecule has 0 aliphatic rings. The molecule has 0 spiro atoms. The van der Waals surface area contributed by atoms with Crippen LogP contribution in [0.25, 0.3) is 10.9 Å². The van der Waals surface area contributed by atoms with Crippen molar-refractivity contribution in [3.05, 3.63) is 115 Å². The standard InChI is InChI=1S/C28H19N5O2.C2HF3O2/c29-18-19-1-10-26-25(17-19)27(13-16-31-26)35-24-8-2-20(3-9-24)28(34)33-22-6-4-21(5-7-22)32-23-11-14-30-15-12-23;3-2(4,5)1(6)7/h1-17H,(H,30,32)(H,33,34);(H,6,7). The van der Waals surface area contributed by atoms with Crippen molar-refractivity contribution < 1.29 is 32.6 Å². The van der Waals surface area contributed by atoms with Crippen LogP contribution in [0.2, 0.25) is 0 Å². The highest BCUT2D eigenvalue weighted by molar-refractivity contribution is 6.04. The normalized spacial score (nSPS) is 10.5. The number of carbonyl (C=O) groups is 2. The number of aromatic nitrogens is 2. The van der Waals surface area contributed by atoms with Crippen LogP contribution in [0.4, 0.5) is 30.2 Å². The summed E-state index contributed by atoms with van der Waals surface area (Å²) in [6, 6.07) is 27.2. The number of carboxylic acids is 1. The average molecular weight is 572 g/mol. The Labute approximate surface area is 236 Å². The van der Waals surface area contributed by atoms with Crippen LogP contribution in [-0.2, 0) is 4.79 Å². The van der Waals surface area contributed by atoms with Gasteiger partial charge in [-0.25, -0.2) is 4.79 Å². The molecule has 0 saturated carbocycles. The van der Waals surface area contributed by atoms with Gasteiger partial charge >= 0.3 is 12.1 Å². The largest absolute Gasteiger partial charge is 0.490 e. The molecule has 5 rings (SSSR count). The predicted molar refractivity (Wildman–Crippen MR) is 149 cm³/mol. The Balaban J connectivity index is 0.000000517. The van der Waals surface area contributed by atoms with Gasteiger partial charge in [-0.1, -0.05) is 0 Å². The van der Waals surface area contributed by atoms with Gasteiger partial charge in [0.2, 0.25) is 0 Å². The first kappa shape index (κ1) is 29.0. The summed E-state index contributed by atoms with van der Waals surface area (Å²) in [4.78, 5) is 29.9. The lowest BCUT2D eigenvalue weighted by Gasteiger charge is -2.10. The van der Waals surface area contributed by atoms with E-state index < -0.39 is 12.1 Å². The van der Waals surface area contributed by atoms with Crippen molar-refractivity contribution in [3.8, 4) is 17.6 Å². The van der Waals surface area contributed by atoms with E-state index in [1.807, 2.05) is 36.4 Å². The minimum Gasteiger partial charge on any atom is -0.475 e. The summed E-state index contributed by atoms with van der Waals surface area (Å²) >= 11 is 0. The molecule has 2 heterocycles. The maximum atomic E-state index is 12.7. The molecule has 0 saturated heterocycles. The number of fused-ring (bicyclic) bond motifs is 1. The third-order valence-electron chi connectivity index (χ3n) is 5.53. The molecule has 0 atom stereocenters. The predicted octanol–water partition coefficient (Wildman–Crippen LogP) is 6.92. The molecule has 1 amide bonds. The fourth-order valence-corrected chi connectivity index (χ4v) is 3.52. The van der Waals surface area contributed by atoms with E-state index in [1.54, 1.807) is 67.1 Å². The highest BCUT2D eigenvalue weighted by atomic mass is 19.4. The summed E-state index contributed by atoms with van der Waals surface area (Å²) < 4.78 is 37.8. The Morgan fingerprint density at radius 1 is 0.833 bits per heavy atom. The first-order chi connectivity index (χ1) is 20.1. The molecule has 0 aliphatic carbocycles. The molecule has 12 heteroatoms. The number of nitriles is 1. The Bertz CT molecular complexity index is 1740. The lowest BCUT2D eigenvalue weighted by Crippen LogP contribution is -2.21. The number of halogens is 3. The number of carbonyl (C=O) groups excluding carboxylic acids is 1. The van der Waals surface area contributed by atoms with E-state index in [-0.39, 0.29) is 5.91 Å². The maximum absolute atomic E-state index is 12.7. The van der Waals surface area contributed by atoms with Gasteiger partial charge in [-0.3, -0.25) is 14.8 Å². The summed E-state index contributed by atoms with van der Waals surface area (Å²) in [6.07, 6.45) is 0.0113. The number of aliphatic carboxylic acids is 1. The third kappa shape index (κ3) is 7.80. The minimum absolute atomic E-state index is 0.223. The SMILES string of the molecule is N#Cc1ccc2nccc(Oc3ccc(C(=O)Nc4ccc(Nc5ccncc5)cc4)cc3)c2c1.O=C(O)C(F)(F)F. The first-order valence-corrected chi connectivity index (χ1v) is 12.1. The van der Waals surface area contributed by atoms with E-state index in [0.29, 0.717) is 28.3 Å². The number of pyridine rings is 2. The van der Waals surface area contributed by atoms with Gasteiger partial charge in [0.1, 0.15) is 11.5 Å². The summed E-state index contributed by atoms with van der Waals surface area (Å²) in [5.41, 5.74) is 4.29. The van der Waals surface area contributed by atoms with Gasteiger partial charge < -0.3 is 20.5 Å². The molecular weight excluding hydrogens is 551 g/mol. The molecule has 3 N–H and O–H groups in total. The van der Waals surface area contributed by atoms with Gasteiger partial charge in [0.05, 0.1) is 17.1 Å². The zero-order valence-corrected chi connectivity index (χ0v) is 21.5. The van der Waals surface area contributed by atoms with Crippen molar-refractivity contribution in [2.45, 2.75) is 6.18 Å². The molecule has 210 valence electrons. The summed E-state index contributed by atoms with van der Waals surface area (Å²) in [5, 5.41) is 23.2. The third-order valence-corrected chi connectivity index (χ3v) is 5.53. The van der Waals surface area contributed by atoms with Crippen molar-refractivity contribution in [1.29, 1.82) is 5.26 Å². The average Bonchev–Trinajstić information content (AvgIpc) is 2.99. The number of amides is 1. The molecule has 0 fully saturated rings. The number of hydrogen-bond donors (Lipinski definition) is 3. The van der Waals surface area contributed by atoms with Crippen LogP contribution in [0, 0.1) is 11.3 Å². The van der Waals surface area contributed by atoms with E-state index >= 15 is 0 Å². The Kier molecular flexibility index (Phi) is 8.94. The molecule has 42 heavy (non-hydrogen) atoms. The van der Waals surface area contributed by atoms with E-state index in [9.17, 15) is 23.2 Å². The van der Waals surface area contributed by atoms with E-state index in [1.165, 1.54) is 0 Å². The van der Waals surface area contributed by atoms with Crippen molar-refractivity contribution in [1.82, 2.24) is 9.97 Å². The second-order valence-electron chi connectivity index (χ2n) is 8.47. The molecule has 0 unspecified atom stereocenters. The lowest BCUT2D eigenvalue weighted by atomic mass is 10.1. The molecule has 0 aliphatic heterocycles. The number of hydrogen-bond acceptors (Lipinski definition) is 7. The number of nitrogens with one attached hydrogen (secondary N) is 2. The Morgan fingerprint density at radius 2 is 1.45 bits per heavy atom. The minimum atomic E-state index is -5.08.